The highest BCUT2D eigenvalue weighted by atomic mass is 32.2. The minimum Gasteiger partial charge on any atom is -0.315 e. The van der Waals surface area contributed by atoms with Gasteiger partial charge >= 0.3 is 0 Å². The second-order valence-electron chi connectivity index (χ2n) is 4.18. The van der Waals surface area contributed by atoms with Gasteiger partial charge in [-0.2, -0.15) is 11.3 Å². The number of nitrogens with one attached hydrogen (secondary N) is 2. The molecule has 2 heterocycles. The molecule has 0 aromatic carbocycles. The SMILES string of the molecule is CNCc1cc(S(=O)(=O)NCc2cscc2C)cs1. The van der Waals surface area contributed by atoms with E-state index in [1.54, 1.807) is 22.8 Å². The first kappa shape index (κ1) is 14.7. The Kier molecular flexibility index (Phi) is 4.75. The average Bonchev–Trinajstić information content (AvgIpc) is 2.97. The van der Waals surface area contributed by atoms with Crippen LogP contribution in [-0.2, 0) is 23.1 Å². The molecule has 2 aromatic heterocycles. The molecule has 0 unspecified atom stereocenters. The highest BCUT2D eigenvalue weighted by molar-refractivity contribution is 7.89. The van der Waals surface area contributed by atoms with Gasteiger partial charge in [0.1, 0.15) is 0 Å². The van der Waals surface area contributed by atoms with Crippen molar-refractivity contribution in [2.75, 3.05) is 7.05 Å². The summed E-state index contributed by atoms with van der Waals surface area (Å²) in [5.41, 5.74) is 2.15. The van der Waals surface area contributed by atoms with E-state index in [2.05, 4.69) is 10.0 Å². The summed E-state index contributed by atoms with van der Waals surface area (Å²) in [5, 5.41) is 8.67. The Bertz CT molecular complexity index is 643. The second-order valence-corrected chi connectivity index (χ2v) is 7.69. The lowest BCUT2D eigenvalue weighted by atomic mass is 10.2. The molecule has 4 nitrogen and oxygen atoms in total. The van der Waals surface area contributed by atoms with E-state index in [1.807, 2.05) is 24.7 Å². The Morgan fingerprint density at radius 3 is 2.63 bits per heavy atom. The van der Waals surface area contributed by atoms with Gasteiger partial charge in [-0.25, -0.2) is 13.1 Å². The number of rotatable bonds is 6. The summed E-state index contributed by atoms with van der Waals surface area (Å²) in [6.07, 6.45) is 0. The van der Waals surface area contributed by atoms with Crippen LogP contribution in [0, 0.1) is 6.92 Å². The van der Waals surface area contributed by atoms with E-state index in [0.717, 1.165) is 16.0 Å². The molecule has 0 aliphatic heterocycles. The Labute approximate surface area is 121 Å². The van der Waals surface area contributed by atoms with Crippen LogP contribution in [0.25, 0.3) is 0 Å². The molecule has 2 aromatic rings. The maximum atomic E-state index is 12.1. The predicted molar refractivity (Wildman–Crippen MR) is 80.2 cm³/mol. The monoisotopic (exact) mass is 316 g/mol. The Hall–Kier alpha value is -0.730. The van der Waals surface area contributed by atoms with Crippen molar-refractivity contribution in [3.05, 3.63) is 38.2 Å². The molecule has 0 saturated heterocycles. The molecule has 2 N–H and O–H groups in total. The fraction of sp³-hybridized carbons (Fsp3) is 0.333. The highest BCUT2D eigenvalue weighted by Gasteiger charge is 2.16. The molecule has 0 amide bonds. The standard InChI is InChI=1S/C12H16N2O2S3/c1-9-6-17-7-10(9)4-14-19(15,16)12-3-11(5-13-2)18-8-12/h3,6-8,13-14H,4-5H2,1-2H3. The molecular weight excluding hydrogens is 300 g/mol. The molecule has 0 bridgehead atoms. The fourth-order valence-corrected chi connectivity index (χ4v) is 4.74. The number of thiophene rings is 2. The van der Waals surface area contributed by atoms with E-state index < -0.39 is 10.0 Å². The fourth-order valence-electron chi connectivity index (χ4n) is 1.59. The number of aryl methyl sites for hydroxylation is 1. The van der Waals surface area contributed by atoms with Gasteiger partial charge in [0.2, 0.25) is 10.0 Å². The van der Waals surface area contributed by atoms with Crippen molar-refractivity contribution in [2.24, 2.45) is 0 Å². The lowest BCUT2D eigenvalue weighted by molar-refractivity contribution is 0.581. The van der Waals surface area contributed by atoms with Gasteiger partial charge < -0.3 is 5.32 Å². The summed E-state index contributed by atoms with van der Waals surface area (Å²) < 4.78 is 26.9. The van der Waals surface area contributed by atoms with E-state index in [1.165, 1.54) is 11.3 Å². The summed E-state index contributed by atoms with van der Waals surface area (Å²) in [6.45, 7) is 3.01. The minimum atomic E-state index is -3.41. The number of sulfonamides is 1. The third-order valence-electron chi connectivity index (χ3n) is 2.71. The van der Waals surface area contributed by atoms with Gasteiger partial charge in [-0.3, -0.25) is 0 Å². The van der Waals surface area contributed by atoms with Crippen molar-refractivity contribution in [3.63, 3.8) is 0 Å². The topological polar surface area (TPSA) is 58.2 Å². The Balaban J connectivity index is 2.07. The van der Waals surface area contributed by atoms with E-state index in [9.17, 15) is 8.42 Å². The van der Waals surface area contributed by atoms with Gasteiger partial charge in [0.05, 0.1) is 4.90 Å². The van der Waals surface area contributed by atoms with Crippen LogP contribution in [0.5, 0.6) is 0 Å². The van der Waals surface area contributed by atoms with Gasteiger partial charge in [-0.1, -0.05) is 0 Å². The van der Waals surface area contributed by atoms with Crippen LogP contribution < -0.4 is 10.0 Å². The summed E-state index contributed by atoms with van der Waals surface area (Å²) >= 11 is 3.03. The van der Waals surface area contributed by atoms with Crippen LogP contribution in [-0.4, -0.2) is 15.5 Å². The molecule has 0 aliphatic carbocycles. The quantitative estimate of drug-likeness (QED) is 0.860. The maximum Gasteiger partial charge on any atom is 0.241 e. The largest absolute Gasteiger partial charge is 0.315 e. The first-order valence-corrected chi connectivity index (χ1v) is 9.07. The van der Waals surface area contributed by atoms with Crippen LogP contribution in [0.2, 0.25) is 0 Å². The molecular formula is C12H16N2O2S3. The third-order valence-corrected chi connectivity index (χ3v) is 6.08. The molecule has 0 aliphatic rings. The zero-order valence-corrected chi connectivity index (χ0v) is 13.2. The van der Waals surface area contributed by atoms with Crippen molar-refractivity contribution in [1.82, 2.24) is 10.0 Å². The van der Waals surface area contributed by atoms with Crippen molar-refractivity contribution in [1.29, 1.82) is 0 Å². The van der Waals surface area contributed by atoms with E-state index in [0.29, 0.717) is 18.0 Å². The highest BCUT2D eigenvalue weighted by Crippen LogP contribution is 2.20. The molecule has 0 saturated carbocycles. The molecule has 0 spiro atoms. The van der Waals surface area contributed by atoms with Crippen LogP contribution in [0.3, 0.4) is 0 Å². The van der Waals surface area contributed by atoms with Crippen molar-refractivity contribution in [3.8, 4) is 0 Å². The summed E-state index contributed by atoms with van der Waals surface area (Å²) in [6, 6.07) is 1.71. The molecule has 104 valence electrons. The molecule has 2 rings (SSSR count). The normalized spacial score (nSPS) is 11.9. The Morgan fingerprint density at radius 1 is 1.21 bits per heavy atom. The van der Waals surface area contributed by atoms with Gasteiger partial charge in [0.25, 0.3) is 0 Å². The maximum absolute atomic E-state index is 12.1. The molecule has 0 fully saturated rings. The van der Waals surface area contributed by atoms with Crippen LogP contribution in [0.1, 0.15) is 16.0 Å². The van der Waals surface area contributed by atoms with E-state index in [4.69, 9.17) is 0 Å². The van der Waals surface area contributed by atoms with Crippen molar-refractivity contribution < 1.29 is 8.42 Å². The first-order valence-electron chi connectivity index (χ1n) is 5.76. The smallest absolute Gasteiger partial charge is 0.241 e. The molecule has 0 atom stereocenters. The summed E-state index contributed by atoms with van der Waals surface area (Å²) in [5.74, 6) is 0. The summed E-state index contributed by atoms with van der Waals surface area (Å²) in [7, 11) is -1.57. The van der Waals surface area contributed by atoms with Gasteiger partial charge in [-0.05, 0) is 41.9 Å². The predicted octanol–water partition coefficient (Wildman–Crippen LogP) is 2.32. The Morgan fingerprint density at radius 2 is 2.00 bits per heavy atom. The van der Waals surface area contributed by atoms with Crippen LogP contribution in [0.15, 0.2) is 27.1 Å². The lowest BCUT2D eigenvalue weighted by Crippen LogP contribution is -2.22. The van der Waals surface area contributed by atoms with E-state index >= 15 is 0 Å². The van der Waals surface area contributed by atoms with Gasteiger partial charge in [0, 0.05) is 23.3 Å². The number of hydrogen-bond acceptors (Lipinski definition) is 5. The third kappa shape index (κ3) is 3.64. The lowest BCUT2D eigenvalue weighted by Gasteiger charge is -2.04. The summed E-state index contributed by atoms with van der Waals surface area (Å²) in [4.78, 5) is 1.35. The minimum absolute atomic E-state index is 0.342. The van der Waals surface area contributed by atoms with Crippen LogP contribution in [0.4, 0.5) is 0 Å². The van der Waals surface area contributed by atoms with Crippen molar-refractivity contribution in [2.45, 2.75) is 24.9 Å². The zero-order chi connectivity index (χ0) is 13.9. The zero-order valence-electron chi connectivity index (χ0n) is 10.8. The first-order chi connectivity index (χ1) is 9.03. The average molecular weight is 316 g/mol. The second kappa shape index (κ2) is 6.15. The van der Waals surface area contributed by atoms with Gasteiger partial charge in [0.15, 0.2) is 0 Å². The number of hydrogen-bond donors (Lipinski definition) is 2. The molecule has 0 radical (unpaired) electrons. The van der Waals surface area contributed by atoms with E-state index in [-0.39, 0.29) is 0 Å². The van der Waals surface area contributed by atoms with Crippen LogP contribution >= 0.6 is 22.7 Å². The van der Waals surface area contributed by atoms with Crippen molar-refractivity contribution >= 4 is 32.7 Å². The van der Waals surface area contributed by atoms with Gasteiger partial charge in [-0.15, -0.1) is 11.3 Å². The molecule has 7 heteroatoms. The molecule has 19 heavy (non-hydrogen) atoms.